The summed E-state index contributed by atoms with van der Waals surface area (Å²) in [5, 5.41) is 2.80. The van der Waals surface area contributed by atoms with Crippen LogP contribution in [0, 0.1) is 0 Å². The molecule has 2 aromatic heterocycles. The number of anilines is 1. The van der Waals surface area contributed by atoms with Crippen molar-refractivity contribution in [3.05, 3.63) is 108 Å². The van der Waals surface area contributed by atoms with Gasteiger partial charge in [0, 0.05) is 48.3 Å². The molecule has 0 spiro atoms. The molecule has 3 heterocycles. The molecule has 4 aromatic rings. The summed E-state index contributed by atoms with van der Waals surface area (Å²) in [4.78, 5) is 15.1. The Hall–Kier alpha value is -3.66. The monoisotopic (exact) mass is 684 g/mol. The number of rotatable bonds is 11. The molecule has 5 rings (SSSR count). The molecule has 0 bridgehead atoms. The van der Waals surface area contributed by atoms with Crippen molar-refractivity contribution in [3.63, 3.8) is 0 Å². The molecule has 0 atom stereocenters. The van der Waals surface area contributed by atoms with Gasteiger partial charge in [0.1, 0.15) is 4.66 Å². The number of nitrogens with zero attached hydrogens (tertiary/aromatic N) is 3. The van der Waals surface area contributed by atoms with E-state index in [-0.39, 0.29) is 18.5 Å². The van der Waals surface area contributed by atoms with Crippen molar-refractivity contribution in [1.29, 1.82) is 0 Å². The van der Waals surface area contributed by atoms with Gasteiger partial charge in [-0.1, -0.05) is 53.8 Å². The predicted octanol–water partition coefficient (Wildman–Crippen LogP) is 2.45. The third-order valence-electron chi connectivity index (χ3n) is 7.15. The molecule has 0 N–H and O–H groups in total. The standard InChI is InChI=1S/C31H31N3O7S4/c1-2-33-30(21-29-34(16-8-19-44(36,37)38)27(22-42-29)24-9-4-3-5-10-24)43-28(31(33)35)14-13-23-15-17-32(18-20-45(39,40)41)26-12-7-6-11-25(23)26/h3-7,9-15,17,21-22H,2,8,16,18-20H2,1H3,(H-,36,37,38,39,40,41)/p-1. The van der Waals surface area contributed by atoms with E-state index >= 15 is 0 Å². The van der Waals surface area contributed by atoms with Crippen molar-refractivity contribution in [2.45, 2.75) is 26.4 Å². The molecule has 0 radical (unpaired) electrons. The molecule has 14 heteroatoms. The fraction of sp³-hybridized carbons (Fsp3) is 0.226. The van der Waals surface area contributed by atoms with E-state index in [0.717, 1.165) is 37.8 Å². The average molecular weight is 685 g/mol. The summed E-state index contributed by atoms with van der Waals surface area (Å²) in [7, 11) is -8.72. The Morgan fingerprint density at radius 2 is 1.64 bits per heavy atom. The molecule has 0 saturated heterocycles. The Morgan fingerprint density at radius 1 is 0.933 bits per heavy atom. The van der Waals surface area contributed by atoms with Crippen LogP contribution < -0.4 is 24.2 Å². The van der Waals surface area contributed by atoms with Crippen LogP contribution in [0.15, 0.2) is 83.1 Å². The third-order valence-corrected chi connectivity index (χ3v) is 10.6. The van der Waals surface area contributed by atoms with Gasteiger partial charge in [0.2, 0.25) is 5.69 Å². The van der Waals surface area contributed by atoms with Gasteiger partial charge in [0.15, 0.2) is 6.54 Å². The maximum Gasteiger partial charge on any atom is 0.269 e. The van der Waals surface area contributed by atoms with Crippen LogP contribution in [0.1, 0.15) is 23.9 Å². The SMILES string of the molecule is CCn1c(=O)c(=CC=C2C=CN(CCS(=O)(=O)[O-])c3ccccc32)s/c1=C/c1scc(-c2ccccc2)[n+]1CCCS(=O)(=O)[O-]. The van der Waals surface area contributed by atoms with E-state index < -0.39 is 31.7 Å². The molecule has 1 aliphatic heterocycles. The summed E-state index contributed by atoms with van der Waals surface area (Å²) in [6, 6.07) is 17.1. The largest absolute Gasteiger partial charge is 0.748 e. The zero-order chi connectivity index (χ0) is 32.2. The highest BCUT2D eigenvalue weighted by atomic mass is 32.2. The van der Waals surface area contributed by atoms with Crippen molar-refractivity contribution in [1.82, 2.24) is 4.57 Å². The summed E-state index contributed by atoms with van der Waals surface area (Å²) in [5.74, 6) is -0.986. The van der Waals surface area contributed by atoms with E-state index in [9.17, 15) is 30.7 Å². The van der Waals surface area contributed by atoms with Crippen LogP contribution in [0.3, 0.4) is 0 Å². The first-order chi connectivity index (χ1) is 21.4. The molecule has 2 aromatic carbocycles. The van der Waals surface area contributed by atoms with Crippen LogP contribution in [0.25, 0.3) is 29.0 Å². The van der Waals surface area contributed by atoms with Crippen LogP contribution in [0.5, 0.6) is 0 Å². The molecule has 0 amide bonds. The third kappa shape index (κ3) is 8.14. The number of hydrogen-bond acceptors (Lipinski definition) is 10. The van der Waals surface area contributed by atoms with Gasteiger partial charge in [0.25, 0.3) is 10.6 Å². The van der Waals surface area contributed by atoms with Gasteiger partial charge in [-0.05, 0) is 42.8 Å². The van der Waals surface area contributed by atoms with E-state index in [0.29, 0.717) is 17.6 Å². The van der Waals surface area contributed by atoms with E-state index in [1.807, 2.05) is 89.7 Å². The highest BCUT2D eigenvalue weighted by Gasteiger charge is 2.21. The van der Waals surface area contributed by atoms with Crippen LogP contribution >= 0.6 is 22.7 Å². The Labute approximate surface area is 269 Å². The first kappa shape index (κ1) is 32.7. The van der Waals surface area contributed by atoms with E-state index in [1.165, 1.54) is 22.7 Å². The maximum atomic E-state index is 13.4. The number of aromatic nitrogens is 2. The Morgan fingerprint density at radius 3 is 2.36 bits per heavy atom. The molecular weight excluding hydrogens is 655 g/mol. The Balaban J connectivity index is 1.53. The van der Waals surface area contributed by atoms with E-state index in [1.54, 1.807) is 21.7 Å². The number of fused-ring (bicyclic) bond motifs is 1. The number of thiazole rings is 2. The van der Waals surface area contributed by atoms with Crippen LogP contribution in [-0.2, 0) is 33.3 Å². The summed E-state index contributed by atoms with van der Waals surface area (Å²) < 4.78 is 72.3. The molecule has 0 aliphatic carbocycles. The molecule has 0 unspecified atom stereocenters. The lowest BCUT2D eigenvalue weighted by atomic mass is 9.99. The van der Waals surface area contributed by atoms with Crippen LogP contribution in [0.2, 0.25) is 0 Å². The molecule has 0 fully saturated rings. The van der Waals surface area contributed by atoms with Crippen LogP contribution in [0.4, 0.5) is 5.69 Å². The van der Waals surface area contributed by atoms with Gasteiger partial charge in [-0.3, -0.25) is 9.36 Å². The van der Waals surface area contributed by atoms with E-state index in [4.69, 9.17) is 0 Å². The highest BCUT2D eigenvalue weighted by Crippen LogP contribution is 2.32. The lowest BCUT2D eigenvalue weighted by Gasteiger charge is -2.28. The number of allylic oxidation sites excluding steroid dienone is 3. The topological polar surface area (TPSA) is 144 Å². The minimum Gasteiger partial charge on any atom is -0.748 e. The van der Waals surface area contributed by atoms with Crippen molar-refractivity contribution < 1.29 is 30.5 Å². The van der Waals surface area contributed by atoms with Crippen molar-refractivity contribution in [2.24, 2.45) is 0 Å². The number of hydrogen-bond donors (Lipinski definition) is 0. The Kier molecular flexibility index (Phi) is 10.0. The Bertz CT molecular complexity index is 2160. The average Bonchev–Trinajstić information content (AvgIpc) is 3.53. The number of para-hydroxylation sites is 1. The van der Waals surface area contributed by atoms with Gasteiger partial charge >= 0.3 is 0 Å². The second-order valence-corrected chi connectivity index (χ2v) is 15.2. The molecule has 1 aliphatic rings. The molecular formula is C31H30N3O7S4-. The first-order valence-corrected chi connectivity index (χ1v) is 18.9. The van der Waals surface area contributed by atoms with Gasteiger partial charge in [-0.25, -0.2) is 16.8 Å². The molecule has 0 saturated carbocycles. The smallest absolute Gasteiger partial charge is 0.269 e. The minimum atomic E-state index is -4.37. The normalized spacial score (nSPS) is 15.3. The number of benzene rings is 2. The minimum absolute atomic E-state index is 0.0308. The van der Waals surface area contributed by atoms with Gasteiger partial charge in [-0.15, -0.1) is 11.3 Å². The molecule has 10 nitrogen and oxygen atoms in total. The quantitative estimate of drug-likeness (QED) is 0.173. The fourth-order valence-corrected chi connectivity index (χ4v) is 8.05. The highest BCUT2D eigenvalue weighted by molar-refractivity contribution is 7.85. The van der Waals surface area contributed by atoms with Gasteiger partial charge in [0.05, 0.1) is 42.0 Å². The second kappa shape index (κ2) is 13.8. The summed E-state index contributed by atoms with van der Waals surface area (Å²) in [6.45, 7) is 2.68. The van der Waals surface area contributed by atoms with Gasteiger partial charge < -0.3 is 14.0 Å². The molecule has 45 heavy (non-hydrogen) atoms. The summed E-state index contributed by atoms with van der Waals surface area (Å²) in [6.07, 6.45) is 9.23. The fourth-order valence-electron chi connectivity index (χ4n) is 5.02. The van der Waals surface area contributed by atoms with E-state index in [2.05, 4.69) is 0 Å². The molecule has 236 valence electrons. The second-order valence-electron chi connectivity index (χ2n) is 10.2. The van der Waals surface area contributed by atoms with Crippen LogP contribution in [-0.4, -0.2) is 48.6 Å². The maximum absolute atomic E-state index is 13.4. The zero-order valence-corrected chi connectivity index (χ0v) is 27.5. The zero-order valence-electron chi connectivity index (χ0n) is 24.2. The van der Waals surface area contributed by atoms with Crippen molar-refractivity contribution >= 4 is 66.3 Å². The van der Waals surface area contributed by atoms with Gasteiger partial charge in [-0.2, -0.15) is 4.57 Å². The predicted molar refractivity (Wildman–Crippen MR) is 176 cm³/mol. The lowest BCUT2D eigenvalue weighted by Crippen LogP contribution is -2.38. The van der Waals surface area contributed by atoms with Crippen molar-refractivity contribution in [2.75, 3.05) is 23.0 Å². The lowest BCUT2D eigenvalue weighted by molar-refractivity contribution is -0.683. The first-order valence-electron chi connectivity index (χ1n) is 14.0. The summed E-state index contributed by atoms with van der Waals surface area (Å²) in [5.41, 5.74) is 4.11. The van der Waals surface area contributed by atoms with Crippen molar-refractivity contribution in [3.8, 4) is 11.3 Å². The summed E-state index contributed by atoms with van der Waals surface area (Å²) >= 11 is 2.81.